The molecule has 0 aromatic heterocycles. The van der Waals surface area contributed by atoms with Gasteiger partial charge < -0.3 is 5.73 Å². The van der Waals surface area contributed by atoms with Gasteiger partial charge in [0.25, 0.3) is 0 Å². The third-order valence-corrected chi connectivity index (χ3v) is 4.26. The van der Waals surface area contributed by atoms with E-state index in [4.69, 9.17) is 28.9 Å². The molecule has 0 aliphatic carbocycles. The summed E-state index contributed by atoms with van der Waals surface area (Å²) in [6.07, 6.45) is 2.34. The zero-order valence-corrected chi connectivity index (χ0v) is 11.5. The van der Waals surface area contributed by atoms with E-state index in [0.29, 0.717) is 12.5 Å². The zero-order chi connectivity index (χ0) is 12.4. The lowest BCUT2D eigenvalue weighted by Gasteiger charge is -2.39. The second-order valence-corrected chi connectivity index (χ2v) is 5.51. The lowest BCUT2D eigenvalue weighted by molar-refractivity contribution is 0.125. The molecule has 2 nitrogen and oxygen atoms in total. The van der Waals surface area contributed by atoms with Crippen LogP contribution in [-0.2, 0) is 0 Å². The SMILES string of the molecule is CN1CCCC(CN)C1c1c(Cl)cccc1Cl. The van der Waals surface area contributed by atoms with Gasteiger partial charge in [0.2, 0.25) is 0 Å². The van der Waals surface area contributed by atoms with Gasteiger partial charge in [0.05, 0.1) is 0 Å². The van der Waals surface area contributed by atoms with Crippen LogP contribution in [0.3, 0.4) is 0 Å². The van der Waals surface area contributed by atoms with E-state index in [0.717, 1.165) is 28.6 Å². The number of benzene rings is 1. The molecule has 4 heteroatoms. The first-order valence-electron chi connectivity index (χ1n) is 5.99. The van der Waals surface area contributed by atoms with Gasteiger partial charge >= 0.3 is 0 Å². The predicted octanol–water partition coefficient (Wildman–Crippen LogP) is 3.34. The first kappa shape index (κ1) is 13.2. The molecule has 0 saturated carbocycles. The predicted molar refractivity (Wildman–Crippen MR) is 73.6 cm³/mol. The van der Waals surface area contributed by atoms with Crippen LogP contribution in [0.5, 0.6) is 0 Å². The van der Waals surface area contributed by atoms with Crippen molar-refractivity contribution in [3.8, 4) is 0 Å². The first-order chi connectivity index (χ1) is 8.15. The van der Waals surface area contributed by atoms with Crippen molar-refractivity contribution in [1.29, 1.82) is 0 Å². The van der Waals surface area contributed by atoms with Crippen LogP contribution in [0.2, 0.25) is 10.0 Å². The Kier molecular flexibility index (Phi) is 4.31. The van der Waals surface area contributed by atoms with Gasteiger partial charge in [-0.15, -0.1) is 0 Å². The van der Waals surface area contributed by atoms with Crippen molar-refractivity contribution in [2.75, 3.05) is 20.1 Å². The van der Waals surface area contributed by atoms with Crippen molar-refractivity contribution in [2.24, 2.45) is 11.7 Å². The molecule has 2 rings (SSSR count). The van der Waals surface area contributed by atoms with Gasteiger partial charge in [-0.05, 0) is 51.0 Å². The molecule has 1 fully saturated rings. The molecule has 0 amide bonds. The van der Waals surface area contributed by atoms with E-state index in [9.17, 15) is 0 Å². The standard InChI is InChI=1S/C13H18Cl2N2/c1-17-7-3-4-9(8-16)13(17)12-10(14)5-2-6-11(12)15/h2,5-6,9,13H,3-4,7-8,16H2,1H3. The minimum Gasteiger partial charge on any atom is -0.330 e. The van der Waals surface area contributed by atoms with E-state index in [-0.39, 0.29) is 6.04 Å². The molecule has 1 aliphatic rings. The Morgan fingerprint density at radius 3 is 2.59 bits per heavy atom. The summed E-state index contributed by atoms with van der Waals surface area (Å²) in [6.45, 7) is 1.75. The van der Waals surface area contributed by atoms with Crippen molar-refractivity contribution in [3.05, 3.63) is 33.8 Å². The van der Waals surface area contributed by atoms with Crippen LogP contribution >= 0.6 is 23.2 Å². The maximum absolute atomic E-state index is 6.30. The molecule has 94 valence electrons. The highest BCUT2D eigenvalue weighted by Crippen LogP contribution is 2.41. The van der Waals surface area contributed by atoms with E-state index in [1.165, 1.54) is 6.42 Å². The van der Waals surface area contributed by atoms with Crippen molar-refractivity contribution < 1.29 is 0 Å². The molecule has 2 atom stereocenters. The normalized spacial score (nSPS) is 26.1. The molecular formula is C13H18Cl2N2. The summed E-state index contributed by atoms with van der Waals surface area (Å²) < 4.78 is 0. The highest BCUT2D eigenvalue weighted by molar-refractivity contribution is 6.36. The number of rotatable bonds is 2. The van der Waals surface area contributed by atoms with Crippen LogP contribution in [0.15, 0.2) is 18.2 Å². The van der Waals surface area contributed by atoms with E-state index < -0.39 is 0 Å². The lowest BCUT2D eigenvalue weighted by Crippen LogP contribution is -2.39. The van der Waals surface area contributed by atoms with Gasteiger partial charge in [0.1, 0.15) is 0 Å². The third-order valence-electron chi connectivity index (χ3n) is 3.61. The van der Waals surface area contributed by atoms with Crippen LogP contribution in [-0.4, -0.2) is 25.0 Å². The van der Waals surface area contributed by atoms with E-state index in [1.54, 1.807) is 0 Å². The maximum atomic E-state index is 6.30. The Hall–Kier alpha value is -0.280. The fourth-order valence-electron chi connectivity index (χ4n) is 2.76. The van der Waals surface area contributed by atoms with Crippen LogP contribution in [0.25, 0.3) is 0 Å². The molecule has 1 saturated heterocycles. The van der Waals surface area contributed by atoms with Crippen molar-refractivity contribution in [1.82, 2.24) is 4.90 Å². The van der Waals surface area contributed by atoms with Crippen molar-refractivity contribution in [3.63, 3.8) is 0 Å². The van der Waals surface area contributed by atoms with Crippen LogP contribution < -0.4 is 5.73 Å². The largest absolute Gasteiger partial charge is 0.330 e. The number of nitrogens with two attached hydrogens (primary N) is 1. The first-order valence-corrected chi connectivity index (χ1v) is 6.75. The average Bonchev–Trinajstić information content (AvgIpc) is 2.30. The zero-order valence-electron chi connectivity index (χ0n) is 10.00. The van der Waals surface area contributed by atoms with Gasteiger partial charge in [-0.2, -0.15) is 0 Å². The van der Waals surface area contributed by atoms with Gasteiger partial charge in [0.15, 0.2) is 0 Å². The lowest BCUT2D eigenvalue weighted by atomic mass is 9.85. The Morgan fingerprint density at radius 1 is 1.35 bits per heavy atom. The highest BCUT2D eigenvalue weighted by Gasteiger charge is 2.32. The molecule has 1 aliphatic heterocycles. The minimum absolute atomic E-state index is 0.245. The maximum Gasteiger partial charge on any atom is 0.0468 e. The van der Waals surface area contributed by atoms with Gasteiger partial charge in [-0.3, -0.25) is 4.90 Å². The number of halogens is 2. The summed E-state index contributed by atoms with van der Waals surface area (Å²) in [5.74, 6) is 0.436. The summed E-state index contributed by atoms with van der Waals surface area (Å²) in [4.78, 5) is 2.31. The number of hydrogen-bond donors (Lipinski definition) is 1. The molecule has 1 aromatic rings. The molecule has 2 N–H and O–H groups in total. The third kappa shape index (κ3) is 2.60. The van der Waals surface area contributed by atoms with Crippen molar-refractivity contribution in [2.45, 2.75) is 18.9 Å². The van der Waals surface area contributed by atoms with Crippen LogP contribution in [0.1, 0.15) is 24.4 Å². The second kappa shape index (κ2) is 5.57. The van der Waals surface area contributed by atoms with E-state index >= 15 is 0 Å². The van der Waals surface area contributed by atoms with Gasteiger partial charge in [0, 0.05) is 21.7 Å². The molecule has 2 unspecified atom stereocenters. The molecule has 1 aromatic carbocycles. The number of hydrogen-bond acceptors (Lipinski definition) is 2. The molecule has 1 heterocycles. The number of likely N-dealkylation sites (tertiary alicyclic amines) is 1. The van der Waals surface area contributed by atoms with Crippen LogP contribution in [0.4, 0.5) is 0 Å². The molecular weight excluding hydrogens is 255 g/mol. The Balaban J connectivity index is 2.41. The monoisotopic (exact) mass is 272 g/mol. The molecule has 0 radical (unpaired) electrons. The summed E-state index contributed by atoms with van der Waals surface area (Å²) in [7, 11) is 2.12. The summed E-state index contributed by atoms with van der Waals surface area (Å²) in [5.41, 5.74) is 6.92. The summed E-state index contributed by atoms with van der Waals surface area (Å²) in [6, 6.07) is 5.93. The van der Waals surface area contributed by atoms with E-state index in [2.05, 4.69) is 11.9 Å². The summed E-state index contributed by atoms with van der Waals surface area (Å²) >= 11 is 12.6. The van der Waals surface area contributed by atoms with E-state index in [1.807, 2.05) is 18.2 Å². The van der Waals surface area contributed by atoms with Crippen LogP contribution in [0, 0.1) is 5.92 Å². The second-order valence-electron chi connectivity index (χ2n) is 4.70. The highest BCUT2D eigenvalue weighted by atomic mass is 35.5. The fourth-order valence-corrected chi connectivity index (χ4v) is 3.38. The fraction of sp³-hybridized carbons (Fsp3) is 0.538. The summed E-state index contributed by atoms with van der Waals surface area (Å²) in [5, 5.41) is 1.49. The smallest absolute Gasteiger partial charge is 0.0468 e. The number of piperidine rings is 1. The molecule has 0 spiro atoms. The van der Waals surface area contributed by atoms with Gasteiger partial charge in [-0.25, -0.2) is 0 Å². The Morgan fingerprint density at radius 2 is 2.00 bits per heavy atom. The van der Waals surface area contributed by atoms with Crippen molar-refractivity contribution >= 4 is 23.2 Å². The van der Waals surface area contributed by atoms with Gasteiger partial charge in [-0.1, -0.05) is 29.3 Å². The minimum atomic E-state index is 0.245. The molecule has 0 bridgehead atoms. The topological polar surface area (TPSA) is 29.3 Å². The Bertz CT molecular complexity index is 375. The average molecular weight is 273 g/mol. The molecule has 17 heavy (non-hydrogen) atoms. The number of nitrogens with zero attached hydrogens (tertiary/aromatic N) is 1. The Labute approximate surface area is 113 Å². The quantitative estimate of drug-likeness (QED) is 0.895.